The lowest BCUT2D eigenvalue weighted by atomic mass is 9.99. The molecule has 0 aliphatic rings. The zero-order chi connectivity index (χ0) is 13.3. The average molecular weight is 242 g/mol. The van der Waals surface area contributed by atoms with Crippen molar-refractivity contribution in [3.05, 3.63) is 58.2 Å². The lowest BCUT2D eigenvalue weighted by Gasteiger charge is -2.16. The second kappa shape index (κ2) is 4.86. The Kier molecular flexibility index (Phi) is 3.43. The Morgan fingerprint density at radius 1 is 0.778 bits per heavy atom. The van der Waals surface area contributed by atoms with E-state index in [4.69, 9.17) is 0 Å². The maximum Gasteiger partial charge on any atom is 0.108 e. The fraction of sp³-hybridized carbons (Fsp3) is 0.333. The van der Waals surface area contributed by atoms with Crippen LogP contribution in [0.5, 0.6) is 0 Å². The fourth-order valence-corrected chi connectivity index (χ4v) is 2.14. The number of aryl methyl sites for hydroxylation is 4. The number of aliphatic hydroxyl groups is 1. The van der Waals surface area contributed by atoms with Gasteiger partial charge < -0.3 is 5.11 Å². The highest BCUT2D eigenvalue weighted by molar-refractivity contribution is 5.35. The largest absolute Gasteiger partial charge is 0.384 e. The van der Waals surface area contributed by atoms with Crippen LogP contribution in [0, 0.1) is 27.7 Å². The van der Waals surface area contributed by atoms with Crippen LogP contribution in [0.4, 0.5) is 0 Å². The van der Waals surface area contributed by atoms with Crippen molar-refractivity contribution < 1.29 is 5.11 Å². The SMILES string of the molecule is Cc1ccc(C(O)c2ccc(C)nc2C)c(C)n1. The molecule has 2 aromatic rings. The molecule has 1 N–H and O–H groups in total. The first-order valence-electron chi connectivity index (χ1n) is 6.05. The summed E-state index contributed by atoms with van der Waals surface area (Å²) in [6, 6.07) is 7.70. The van der Waals surface area contributed by atoms with Crippen molar-refractivity contribution in [1.82, 2.24) is 9.97 Å². The summed E-state index contributed by atoms with van der Waals surface area (Å²) in [6.07, 6.45) is -0.661. The molecule has 0 unspecified atom stereocenters. The molecule has 0 aliphatic carbocycles. The topological polar surface area (TPSA) is 46.0 Å². The third-order valence-electron chi connectivity index (χ3n) is 3.12. The lowest BCUT2D eigenvalue weighted by Crippen LogP contribution is -2.07. The molecular weight excluding hydrogens is 224 g/mol. The first-order valence-corrected chi connectivity index (χ1v) is 6.05. The maximum absolute atomic E-state index is 10.5. The zero-order valence-corrected chi connectivity index (χ0v) is 11.2. The third-order valence-corrected chi connectivity index (χ3v) is 3.12. The first kappa shape index (κ1) is 12.7. The van der Waals surface area contributed by atoms with Crippen molar-refractivity contribution in [2.45, 2.75) is 33.8 Å². The summed E-state index contributed by atoms with van der Waals surface area (Å²) in [5.41, 5.74) is 5.33. The molecule has 0 fully saturated rings. The number of pyridine rings is 2. The monoisotopic (exact) mass is 242 g/mol. The highest BCUT2D eigenvalue weighted by Gasteiger charge is 2.16. The number of hydrogen-bond acceptors (Lipinski definition) is 3. The van der Waals surface area contributed by atoms with Gasteiger partial charge in [0.15, 0.2) is 0 Å². The van der Waals surface area contributed by atoms with Gasteiger partial charge in [-0.25, -0.2) is 0 Å². The molecule has 0 atom stereocenters. The minimum atomic E-state index is -0.661. The molecule has 3 heteroatoms. The normalized spacial score (nSPS) is 11.0. The Hall–Kier alpha value is -1.74. The van der Waals surface area contributed by atoms with Gasteiger partial charge in [0, 0.05) is 33.9 Å². The predicted molar refractivity (Wildman–Crippen MR) is 71.5 cm³/mol. The van der Waals surface area contributed by atoms with Crippen molar-refractivity contribution in [2.24, 2.45) is 0 Å². The van der Waals surface area contributed by atoms with Gasteiger partial charge in [-0.2, -0.15) is 0 Å². The van der Waals surface area contributed by atoms with Crippen LogP contribution in [0.2, 0.25) is 0 Å². The Morgan fingerprint density at radius 3 is 1.50 bits per heavy atom. The molecule has 0 bridgehead atoms. The predicted octanol–water partition coefficient (Wildman–Crippen LogP) is 2.79. The summed E-state index contributed by atoms with van der Waals surface area (Å²) in [5.74, 6) is 0. The van der Waals surface area contributed by atoms with Gasteiger partial charge >= 0.3 is 0 Å². The van der Waals surface area contributed by atoms with Crippen LogP contribution in [-0.2, 0) is 0 Å². The molecule has 3 nitrogen and oxygen atoms in total. The molecule has 0 saturated carbocycles. The van der Waals surface area contributed by atoms with Crippen molar-refractivity contribution in [3.63, 3.8) is 0 Å². The van der Waals surface area contributed by atoms with Gasteiger partial charge in [-0.1, -0.05) is 12.1 Å². The van der Waals surface area contributed by atoms with Crippen LogP contribution in [0.25, 0.3) is 0 Å². The van der Waals surface area contributed by atoms with E-state index in [1.165, 1.54) is 0 Å². The summed E-state index contributed by atoms with van der Waals surface area (Å²) >= 11 is 0. The minimum absolute atomic E-state index is 0.661. The van der Waals surface area contributed by atoms with Crippen LogP contribution >= 0.6 is 0 Å². The zero-order valence-electron chi connectivity index (χ0n) is 11.2. The van der Waals surface area contributed by atoms with Crippen LogP contribution < -0.4 is 0 Å². The van der Waals surface area contributed by atoms with Crippen molar-refractivity contribution >= 4 is 0 Å². The van der Waals surface area contributed by atoms with E-state index in [-0.39, 0.29) is 0 Å². The first-order chi connectivity index (χ1) is 8.49. The summed E-state index contributed by atoms with van der Waals surface area (Å²) in [5, 5.41) is 10.5. The van der Waals surface area contributed by atoms with E-state index in [9.17, 15) is 5.11 Å². The number of aliphatic hydroxyl groups excluding tert-OH is 1. The number of rotatable bonds is 2. The molecule has 18 heavy (non-hydrogen) atoms. The highest BCUT2D eigenvalue weighted by Crippen LogP contribution is 2.25. The molecule has 2 aromatic heterocycles. The maximum atomic E-state index is 10.5. The molecule has 0 spiro atoms. The Bertz CT molecular complexity index is 527. The van der Waals surface area contributed by atoms with Crippen LogP contribution in [0.3, 0.4) is 0 Å². The average Bonchev–Trinajstić information content (AvgIpc) is 2.28. The highest BCUT2D eigenvalue weighted by atomic mass is 16.3. The van der Waals surface area contributed by atoms with Crippen molar-refractivity contribution in [1.29, 1.82) is 0 Å². The number of hydrogen-bond donors (Lipinski definition) is 1. The van der Waals surface area contributed by atoms with E-state index in [1.807, 2.05) is 52.0 Å². The molecule has 0 amide bonds. The van der Waals surface area contributed by atoms with Gasteiger partial charge in [-0.05, 0) is 39.8 Å². The van der Waals surface area contributed by atoms with E-state index < -0.39 is 6.10 Å². The lowest BCUT2D eigenvalue weighted by molar-refractivity contribution is 0.217. The van der Waals surface area contributed by atoms with E-state index in [0.29, 0.717) is 0 Å². The quantitative estimate of drug-likeness (QED) is 0.880. The number of nitrogens with zero attached hydrogens (tertiary/aromatic N) is 2. The second-order valence-corrected chi connectivity index (χ2v) is 4.66. The van der Waals surface area contributed by atoms with Gasteiger partial charge in [0.2, 0.25) is 0 Å². The second-order valence-electron chi connectivity index (χ2n) is 4.66. The van der Waals surface area contributed by atoms with E-state index in [1.54, 1.807) is 0 Å². The van der Waals surface area contributed by atoms with E-state index in [0.717, 1.165) is 33.9 Å². The summed E-state index contributed by atoms with van der Waals surface area (Å²) < 4.78 is 0. The molecule has 2 heterocycles. The van der Waals surface area contributed by atoms with E-state index >= 15 is 0 Å². The standard InChI is InChI=1S/C15H18N2O/c1-9-5-7-13(11(3)16-9)15(18)14-8-6-10(2)17-12(14)4/h5-8,15,18H,1-4H3. The van der Waals surface area contributed by atoms with Gasteiger partial charge in [0.05, 0.1) is 0 Å². The van der Waals surface area contributed by atoms with Crippen LogP contribution in [0.1, 0.15) is 40.0 Å². The van der Waals surface area contributed by atoms with E-state index in [2.05, 4.69) is 9.97 Å². The molecule has 0 radical (unpaired) electrons. The molecule has 0 aromatic carbocycles. The summed E-state index contributed by atoms with van der Waals surface area (Å²) in [6.45, 7) is 7.73. The van der Waals surface area contributed by atoms with Gasteiger partial charge in [-0.15, -0.1) is 0 Å². The van der Waals surface area contributed by atoms with Gasteiger partial charge in [0.25, 0.3) is 0 Å². The van der Waals surface area contributed by atoms with Crippen molar-refractivity contribution in [3.8, 4) is 0 Å². The summed E-state index contributed by atoms with van der Waals surface area (Å²) in [7, 11) is 0. The smallest absolute Gasteiger partial charge is 0.108 e. The number of aromatic nitrogens is 2. The molecule has 94 valence electrons. The van der Waals surface area contributed by atoms with Crippen LogP contribution in [-0.4, -0.2) is 15.1 Å². The Balaban J connectivity index is 2.44. The summed E-state index contributed by atoms with van der Waals surface area (Å²) in [4.78, 5) is 8.77. The van der Waals surface area contributed by atoms with Crippen LogP contribution in [0.15, 0.2) is 24.3 Å². The molecule has 2 rings (SSSR count). The Morgan fingerprint density at radius 2 is 1.17 bits per heavy atom. The fourth-order valence-electron chi connectivity index (χ4n) is 2.14. The Labute approximate surface area is 108 Å². The third kappa shape index (κ3) is 2.41. The molecular formula is C15H18N2O. The molecule has 0 aliphatic heterocycles. The minimum Gasteiger partial charge on any atom is -0.384 e. The van der Waals surface area contributed by atoms with Gasteiger partial charge in [-0.3, -0.25) is 9.97 Å². The molecule has 0 saturated heterocycles. The van der Waals surface area contributed by atoms with Crippen molar-refractivity contribution in [2.75, 3.05) is 0 Å². The van der Waals surface area contributed by atoms with Gasteiger partial charge in [0.1, 0.15) is 6.10 Å².